The van der Waals surface area contributed by atoms with Crippen LogP contribution in [-0.4, -0.2) is 42.7 Å². The minimum atomic E-state index is -1.57. The van der Waals surface area contributed by atoms with E-state index in [1.165, 1.54) is 0 Å². The molecule has 1 aromatic heterocycles. The van der Waals surface area contributed by atoms with Gasteiger partial charge >= 0.3 is 17.9 Å². The Bertz CT molecular complexity index is 639. The second kappa shape index (κ2) is 8.09. The molecule has 0 saturated heterocycles. The lowest BCUT2D eigenvalue weighted by Gasteiger charge is -2.36. The Morgan fingerprint density at radius 2 is 1.68 bits per heavy atom. The topological polar surface area (TPSA) is 91.8 Å². The van der Waals surface area contributed by atoms with Gasteiger partial charge in [-0.2, -0.15) is 0 Å². The van der Waals surface area contributed by atoms with E-state index in [0.717, 1.165) is 0 Å². The molecule has 0 N–H and O–H groups in total. The first kappa shape index (κ1) is 18.9. The molecule has 0 bridgehead atoms. The first-order chi connectivity index (χ1) is 12.0. The molecule has 1 heterocycles. The summed E-state index contributed by atoms with van der Waals surface area (Å²) >= 11 is 0. The van der Waals surface area contributed by atoms with Crippen LogP contribution in [-0.2, 0) is 35.0 Å². The first-order valence-corrected chi connectivity index (χ1v) is 8.45. The van der Waals surface area contributed by atoms with E-state index in [-0.39, 0.29) is 32.7 Å². The van der Waals surface area contributed by atoms with Crippen LogP contribution in [0, 0.1) is 5.41 Å². The third-order valence-electron chi connectivity index (χ3n) is 4.20. The van der Waals surface area contributed by atoms with Crippen LogP contribution in [0.1, 0.15) is 44.4 Å². The normalized spacial score (nSPS) is 18.0. The molecule has 7 heteroatoms. The number of aromatic nitrogens is 1. The van der Waals surface area contributed by atoms with Crippen LogP contribution in [0.25, 0.3) is 0 Å². The number of hydrogen-bond acceptors (Lipinski definition) is 7. The van der Waals surface area contributed by atoms with Crippen molar-refractivity contribution >= 4 is 17.9 Å². The molecule has 1 unspecified atom stereocenters. The summed E-state index contributed by atoms with van der Waals surface area (Å²) in [5, 5.41) is 0. The van der Waals surface area contributed by atoms with Gasteiger partial charge in [0.05, 0.1) is 25.5 Å². The predicted octanol–water partition coefficient (Wildman–Crippen LogP) is 1.79. The zero-order chi connectivity index (χ0) is 18.4. The largest absolute Gasteiger partial charge is 0.465 e. The Balaban J connectivity index is 2.52. The van der Waals surface area contributed by atoms with Crippen molar-refractivity contribution in [3.8, 4) is 0 Å². The van der Waals surface area contributed by atoms with Crippen LogP contribution in [0.5, 0.6) is 0 Å². The summed E-state index contributed by atoms with van der Waals surface area (Å²) in [5.74, 6) is -2.70. The molecule has 0 spiro atoms. The highest BCUT2D eigenvalue weighted by atomic mass is 16.6. The molecule has 136 valence electrons. The fourth-order valence-electron chi connectivity index (χ4n) is 3.13. The Morgan fingerprint density at radius 1 is 1.08 bits per heavy atom. The van der Waals surface area contributed by atoms with Crippen molar-refractivity contribution in [3.63, 3.8) is 0 Å². The number of nitrogens with zero attached hydrogens (tertiary/aromatic N) is 1. The minimum absolute atomic E-state index is 0.0759. The summed E-state index contributed by atoms with van der Waals surface area (Å²) in [7, 11) is 0. The molecule has 0 radical (unpaired) electrons. The highest BCUT2D eigenvalue weighted by Crippen LogP contribution is 2.44. The van der Waals surface area contributed by atoms with Crippen LogP contribution < -0.4 is 0 Å². The molecule has 0 amide bonds. The van der Waals surface area contributed by atoms with Crippen LogP contribution in [0.2, 0.25) is 0 Å². The van der Waals surface area contributed by atoms with Crippen LogP contribution in [0.15, 0.2) is 18.3 Å². The molecule has 1 aromatic rings. The van der Waals surface area contributed by atoms with Gasteiger partial charge in [-0.25, -0.2) is 0 Å². The monoisotopic (exact) mass is 349 g/mol. The standard InChI is InChI=1S/C18H23NO6/c1-4-23-15(20)13-11-18(16(21)24-5-2,17(22)25-6-3)10-12-8-7-9-19-14(12)13/h7-9,13H,4-6,10-11H2,1-3H3. The smallest absolute Gasteiger partial charge is 0.323 e. The number of rotatable bonds is 6. The maximum absolute atomic E-state index is 12.7. The summed E-state index contributed by atoms with van der Waals surface area (Å²) in [6.07, 6.45) is 1.59. The zero-order valence-corrected chi connectivity index (χ0v) is 14.7. The maximum Gasteiger partial charge on any atom is 0.323 e. The summed E-state index contributed by atoms with van der Waals surface area (Å²) in [5.41, 5.74) is -0.391. The number of fused-ring (bicyclic) bond motifs is 1. The zero-order valence-electron chi connectivity index (χ0n) is 14.7. The van der Waals surface area contributed by atoms with Crippen LogP contribution in [0.3, 0.4) is 0 Å². The Labute approximate surface area is 146 Å². The van der Waals surface area contributed by atoms with E-state index in [4.69, 9.17) is 14.2 Å². The van der Waals surface area contributed by atoms with E-state index in [1.807, 2.05) is 0 Å². The molecule has 0 fully saturated rings. The van der Waals surface area contributed by atoms with Gasteiger partial charge in [-0.3, -0.25) is 19.4 Å². The van der Waals surface area contributed by atoms with Gasteiger partial charge in [-0.15, -0.1) is 0 Å². The number of pyridine rings is 1. The second-order valence-corrected chi connectivity index (χ2v) is 5.76. The quantitative estimate of drug-likeness (QED) is 0.439. The lowest BCUT2D eigenvalue weighted by atomic mass is 9.68. The molecule has 7 nitrogen and oxygen atoms in total. The highest BCUT2D eigenvalue weighted by Gasteiger charge is 2.55. The van der Waals surface area contributed by atoms with Gasteiger partial charge in [0.2, 0.25) is 0 Å². The fourth-order valence-corrected chi connectivity index (χ4v) is 3.13. The van der Waals surface area contributed by atoms with Crippen molar-refractivity contribution in [1.82, 2.24) is 4.98 Å². The van der Waals surface area contributed by atoms with Crippen LogP contribution in [0.4, 0.5) is 0 Å². The third-order valence-corrected chi connectivity index (χ3v) is 4.20. The van der Waals surface area contributed by atoms with Crippen molar-refractivity contribution in [2.75, 3.05) is 19.8 Å². The van der Waals surface area contributed by atoms with Gasteiger partial charge in [0.25, 0.3) is 0 Å². The number of carbonyl (C=O) groups excluding carboxylic acids is 3. The molecule has 2 rings (SSSR count). The van der Waals surface area contributed by atoms with E-state index in [9.17, 15) is 14.4 Å². The predicted molar refractivity (Wildman–Crippen MR) is 87.6 cm³/mol. The van der Waals surface area contributed by atoms with E-state index in [2.05, 4.69) is 4.98 Å². The van der Waals surface area contributed by atoms with Crippen molar-refractivity contribution in [2.24, 2.45) is 5.41 Å². The molecule has 1 aliphatic carbocycles. The fraction of sp³-hybridized carbons (Fsp3) is 0.556. The summed E-state index contributed by atoms with van der Waals surface area (Å²) in [6.45, 7) is 5.48. The average molecular weight is 349 g/mol. The SMILES string of the molecule is CCOC(=O)C1CC(C(=O)OCC)(C(=O)OCC)Cc2cccnc21. The van der Waals surface area contributed by atoms with E-state index in [1.54, 1.807) is 39.1 Å². The van der Waals surface area contributed by atoms with Crippen molar-refractivity contribution in [1.29, 1.82) is 0 Å². The summed E-state index contributed by atoms with van der Waals surface area (Å²) < 4.78 is 15.4. The lowest BCUT2D eigenvalue weighted by molar-refractivity contribution is -0.174. The van der Waals surface area contributed by atoms with E-state index < -0.39 is 29.2 Å². The number of esters is 3. The average Bonchev–Trinajstić information content (AvgIpc) is 2.61. The van der Waals surface area contributed by atoms with E-state index in [0.29, 0.717) is 11.3 Å². The lowest BCUT2D eigenvalue weighted by Crippen LogP contribution is -2.48. The molecule has 1 aliphatic rings. The summed E-state index contributed by atoms with van der Waals surface area (Å²) in [4.78, 5) is 42.1. The molecular weight excluding hydrogens is 326 g/mol. The van der Waals surface area contributed by atoms with E-state index >= 15 is 0 Å². The highest BCUT2D eigenvalue weighted by molar-refractivity contribution is 6.01. The molecule has 25 heavy (non-hydrogen) atoms. The maximum atomic E-state index is 12.7. The van der Waals surface area contributed by atoms with Gasteiger partial charge in [-0.1, -0.05) is 6.07 Å². The van der Waals surface area contributed by atoms with Crippen LogP contribution >= 0.6 is 0 Å². The van der Waals surface area contributed by atoms with Gasteiger partial charge in [0.15, 0.2) is 5.41 Å². The Kier molecular flexibility index (Phi) is 6.12. The number of hydrogen-bond donors (Lipinski definition) is 0. The van der Waals surface area contributed by atoms with Crippen molar-refractivity contribution in [2.45, 2.75) is 39.5 Å². The number of carbonyl (C=O) groups is 3. The molecular formula is C18H23NO6. The van der Waals surface area contributed by atoms with Gasteiger partial charge in [0.1, 0.15) is 5.92 Å². The minimum Gasteiger partial charge on any atom is -0.465 e. The third kappa shape index (κ3) is 3.65. The first-order valence-electron chi connectivity index (χ1n) is 8.45. The Hall–Kier alpha value is -2.44. The van der Waals surface area contributed by atoms with Crippen molar-refractivity contribution in [3.05, 3.63) is 29.6 Å². The van der Waals surface area contributed by atoms with Crippen molar-refractivity contribution < 1.29 is 28.6 Å². The van der Waals surface area contributed by atoms with Gasteiger partial charge in [0, 0.05) is 12.6 Å². The number of ether oxygens (including phenoxy) is 3. The Morgan fingerprint density at radius 3 is 2.24 bits per heavy atom. The molecule has 0 saturated carbocycles. The second-order valence-electron chi connectivity index (χ2n) is 5.76. The van der Waals surface area contributed by atoms with Gasteiger partial charge < -0.3 is 14.2 Å². The summed E-state index contributed by atoms with van der Waals surface area (Å²) in [6, 6.07) is 3.45. The van der Waals surface area contributed by atoms with Gasteiger partial charge in [-0.05, 0) is 38.8 Å². The molecule has 0 aromatic carbocycles. The molecule has 1 atom stereocenters. The molecule has 0 aliphatic heterocycles.